The molecule has 0 bridgehead atoms. The number of rotatable bonds is 5. The maximum atomic E-state index is 12.1. The molecule has 0 heterocycles. The molecule has 1 N–H and O–H groups in total. The molecule has 0 aliphatic carbocycles. The van der Waals surface area contributed by atoms with Crippen molar-refractivity contribution in [1.29, 1.82) is 0 Å². The lowest BCUT2D eigenvalue weighted by Gasteiger charge is -2.11. The van der Waals surface area contributed by atoms with Crippen molar-refractivity contribution in [2.24, 2.45) is 0 Å². The van der Waals surface area contributed by atoms with E-state index in [1.807, 2.05) is 55.5 Å². The van der Waals surface area contributed by atoms with E-state index in [1.165, 1.54) is 0 Å². The highest BCUT2D eigenvalue weighted by atomic mass is 35.5. The molecule has 0 spiro atoms. The first-order valence-corrected chi connectivity index (χ1v) is 8.82. The van der Waals surface area contributed by atoms with Gasteiger partial charge in [0.15, 0.2) is 6.61 Å². The van der Waals surface area contributed by atoms with Crippen molar-refractivity contribution < 1.29 is 9.53 Å². The fourth-order valence-electron chi connectivity index (χ4n) is 2.44. The van der Waals surface area contributed by atoms with Crippen LogP contribution >= 0.6 is 23.2 Å². The van der Waals surface area contributed by atoms with Crippen LogP contribution in [-0.2, 0) is 4.79 Å². The minimum atomic E-state index is -0.284. The number of benzene rings is 3. The molecule has 0 aliphatic rings. The molecule has 3 rings (SSSR count). The molecule has 3 aromatic carbocycles. The zero-order chi connectivity index (χ0) is 18.5. The molecular formula is C21H17Cl2NO2. The molecular weight excluding hydrogens is 369 g/mol. The van der Waals surface area contributed by atoms with Gasteiger partial charge >= 0.3 is 0 Å². The van der Waals surface area contributed by atoms with E-state index in [-0.39, 0.29) is 12.5 Å². The third kappa shape index (κ3) is 4.57. The van der Waals surface area contributed by atoms with Crippen molar-refractivity contribution in [2.75, 3.05) is 11.9 Å². The first-order valence-electron chi connectivity index (χ1n) is 8.07. The van der Waals surface area contributed by atoms with Crippen LogP contribution < -0.4 is 10.1 Å². The van der Waals surface area contributed by atoms with Gasteiger partial charge in [-0.3, -0.25) is 4.79 Å². The Morgan fingerprint density at radius 2 is 1.69 bits per heavy atom. The minimum Gasteiger partial charge on any atom is -0.482 e. The Morgan fingerprint density at radius 3 is 2.38 bits per heavy atom. The van der Waals surface area contributed by atoms with E-state index in [0.717, 1.165) is 16.7 Å². The molecule has 0 aliphatic heterocycles. The Morgan fingerprint density at radius 1 is 0.923 bits per heavy atom. The second-order valence-corrected chi connectivity index (χ2v) is 6.63. The molecule has 0 unspecified atom stereocenters. The average molecular weight is 386 g/mol. The van der Waals surface area contributed by atoms with Gasteiger partial charge in [-0.2, -0.15) is 0 Å². The van der Waals surface area contributed by atoms with Crippen LogP contribution in [0.25, 0.3) is 11.1 Å². The molecule has 0 saturated carbocycles. The fourth-order valence-corrected chi connectivity index (χ4v) is 2.85. The summed E-state index contributed by atoms with van der Waals surface area (Å²) in [6, 6.07) is 20.7. The van der Waals surface area contributed by atoms with Gasteiger partial charge in [0, 0.05) is 10.7 Å². The number of aryl methyl sites for hydroxylation is 1. The summed E-state index contributed by atoms with van der Waals surface area (Å²) in [7, 11) is 0. The smallest absolute Gasteiger partial charge is 0.262 e. The van der Waals surface area contributed by atoms with Gasteiger partial charge < -0.3 is 10.1 Å². The number of anilines is 1. The highest BCUT2D eigenvalue weighted by Gasteiger charge is 2.09. The van der Waals surface area contributed by atoms with E-state index in [1.54, 1.807) is 18.2 Å². The molecule has 0 aromatic heterocycles. The molecule has 1 amide bonds. The average Bonchev–Trinajstić information content (AvgIpc) is 2.64. The Balaban J connectivity index is 1.62. The summed E-state index contributed by atoms with van der Waals surface area (Å²) in [4.78, 5) is 12.1. The molecule has 26 heavy (non-hydrogen) atoms. The summed E-state index contributed by atoms with van der Waals surface area (Å²) < 4.78 is 5.54. The second kappa shape index (κ2) is 8.26. The summed E-state index contributed by atoms with van der Waals surface area (Å²) in [6.07, 6.45) is 0. The van der Waals surface area contributed by atoms with Crippen LogP contribution in [0.15, 0.2) is 66.7 Å². The number of hydrogen-bond donors (Lipinski definition) is 1. The summed E-state index contributed by atoms with van der Waals surface area (Å²) in [5.41, 5.74) is 3.63. The van der Waals surface area contributed by atoms with E-state index in [4.69, 9.17) is 27.9 Å². The van der Waals surface area contributed by atoms with Crippen molar-refractivity contribution in [1.82, 2.24) is 0 Å². The van der Waals surface area contributed by atoms with Gasteiger partial charge in [-0.1, -0.05) is 65.7 Å². The minimum absolute atomic E-state index is 0.143. The number of ether oxygens (including phenoxy) is 1. The first-order chi connectivity index (χ1) is 12.5. The standard InChI is InChI=1S/C21H17Cl2NO2/c1-14-7-9-17(12-18(14)22)24-21(25)13-26-20-10-8-16(11-19(20)23)15-5-3-2-4-6-15/h2-12H,13H2,1H3,(H,24,25). The Bertz CT molecular complexity index is 927. The summed E-state index contributed by atoms with van der Waals surface area (Å²) in [5, 5.41) is 3.80. The number of halogens is 2. The first kappa shape index (κ1) is 18.3. The quantitative estimate of drug-likeness (QED) is 0.585. The fraction of sp³-hybridized carbons (Fsp3) is 0.0952. The molecule has 5 heteroatoms. The van der Waals surface area contributed by atoms with Gasteiger partial charge in [0.05, 0.1) is 5.02 Å². The Kier molecular flexibility index (Phi) is 5.82. The van der Waals surface area contributed by atoms with E-state index in [9.17, 15) is 4.79 Å². The molecule has 0 fully saturated rings. The van der Waals surface area contributed by atoms with Gasteiger partial charge in [0.2, 0.25) is 0 Å². The van der Waals surface area contributed by atoms with Crippen LogP contribution in [-0.4, -0.2) is 12.5 Å². The second-order valence-electron chi connectivity index (χ2n) is 5.81. The van der Waals surface area contributed by atoms with Gasteiger partial charge in [0.1, 0.15) is 5.75 Å². The third-order valence-corrected chi connectivity index (χ3v) is 4.56. The van der Waals surface area contributed by atoms with E-state index >= 15 is 0 Å². The SMILES string of the molecule is Cc1ccc(NC(=O)COc2ccc(-c3ccccc3)cc2Cl)cc1Cl. The van der Waals surface area contributed by atoms with Crippen molar-refractivity contribution in [3.63, 3.8) is 0 Å². The topological polar surface area (TPSA) is 38.3 Å². The highest BCUT2D eigenvalue weighted by molar-refractivity contribution is 6.32. The zero-order valence-electron chi connectivity index (χ0n) is 14.1. The van der Waals surface area contributed by atoms with Crippen LogP contribution in [0.4, 0.5) is 5.69 Å². The molecule has 3 aromatic rings. The molecule has 132 valence electrons. The lowest BCUT2D eigenvalue weighted by molar-refractivity contribution is -0.118. The predicted octanol–water partition coefficient (Wildman–Crippen LogP) is 5.99. The molecule has 3 nitrogen and oxygen atoms in total. The maximum Gasteiger partial charge on any atom is 0.262 e. The van der Waals surface area contributed by atoms with Crippen molar-refractivity contribution in [3.8, 4) is 16.9 Å². The van der Waals surface area contributed by atoms with Crippen LogP contribution in [0.2, 0.25) is 10.0 Å². The maximum absolute atomic E-state index is 12.1. The largest absolute Gasteiger partial charge is 0.482 e. The van der Waals surface area contributed by atoms with E-state index < -0.39 is 0 Å². The zero-order valence-corrected chi connectivity index (χ0v) is 15.6. The highest BCUT2D eigenvalue weighted by Crippen LogP contribution is 2.30. The molecule has 0 radical (unpaired) electrons. The number of hydrogen-bond acceptors (Lipinski definition) is 2. The van der Waals surface area contributed by atoms with Crippen LogP contribution in [0, 0.1) is 6.92 Å². The lowest BCUT2D eigenvalue weighted by atomic mass is 10.1. The Labute approximate surface area is 162 Å². The van der Waals surface area contributed by atoms with Crippen LogP contribution in [0.5, 0.6) is 5.75 Å². The van der Waals surface area contributed by atoms with Crippen LogP contribution in [0.3, 0.4) is 0 Å². The van der Waals surface area contributed by atoms with Gasteiger partial charge in [-0.25, -0.2) is 0 Å². The van der Waals surface area contributed by atoms with Gasteiger partial charge in [0.25, 0.3) is 5.91 Å². The molecule has 0 saturated heterocycles. The number of amides is 1. The molecule has 0 atom stereocenters. The van der Waals surface area contributed by atoms with Crippen molar-refractivity contribution in [2.45, 2.75) is 6.92 Å². The lowest BCUT2D eigenvalue weighted by Crippen LogP contribution is -2.20. The predicted molar refractivity (Wildman–Crippen MR) is 107 cm³/mol. The Hall–Kier alpha value is -2.49. The van der Waals surface area contributed by atoms with E-state index in [2.05, 4.69) is 5.32 Å². The van der Waals surface area contributed by atoms with Crippen molar-refractivity contribution in [3.05, 3.63) is 82.3 Å². The summed E-state index contributed by atoms with van der Waals surface area (Å²) in [5.74, 6) is 0.177. The normalized spacial score (nSPS) is 10.4. The number of nitrogens with one attached hydrogen (secondary N) is 1. The summed E-state index contributed by atoms with van der Waals surface area (Å²) in [6.45, 7) is 1.76. The third-order valence-electron chi connectivity index (χ3n) is 3.85. The van der Waals surface area contributed by atoms with Crippen molar-refractivity contribution >= 4 is 34.8 Å². The monoisotopic (exact) mass is 385 g/mol. The number of carbonyl (C=O) groups is 1. The van der Waals surface area contributed by atoms with E-state index in [0.29, 0.717) is 21.5 Å². The number of carbonyl (C=O) groups excluding carboxylic acids is 1. The van der Waals surface area contributed by atoms with Gasteiger partial charge in [-0.05, 0) is 47.9 Å². The van der Waals surface area contributed by atoms with Gasteiger partial charge in [-0.15, -0.1) is 0 Å². The summed E-state index contributed by atoms with van der Waals surface area (Å²) >= 11 is 12.3. The van der Waals surface area contributed by atoms with Crippen LogP contribution in [0.1, 0.15) is 5.56 Å².